The SMILES string of the molecule is CC[C@H](C)[C@H](NC(=O)[C@H](CCCNC(=N)N)NC(=O)[C@@H](N)CCCNC(=N)N)C(=O)NCC(=O)N1CCC[C@H]1C(=O)N[C@@H](CCCNC(=N)N)C(=O)N1CCC[C@H]1C(=O)N1CCC[C@H]1C(=O)N[C@@H](CCCNC(=N)N)C(=O)N[C@@H](CC(C)C)C(=O)N1CCC[C@H]1C(=O)N[C@@H](CCCNC(=N)N)C(=O)N1CCC[C@H]1C(=O)N[C@@H](CCCNC(=N)N)C(=O)N1CCC[C@H]1C(=O)N[C@@H](CCCNC(=N)N)C(=O)O. The average molecular weight is 1980 g/mol. The fourth-order valence-electron chi connectivity index (χ4n) is 18.2. The summed E-state index contributed by atoms with van der Waals surface area (Å²) in [5.74, 6) is -15.2. The molecule has 16 atom stereocenters. The molecule has 0 aromatic rings. The number of likely N-dealkylation sites (tertiary alicyclic amines) is 6. The monoisotopic (exact) mass is 1980 g/mol. The molecule has 0 aromatic heterocycles. The summed E-state index contributed by atoms with van der Waals surface area (Å²) in [6.45, 7) is 7.66. The molecule has 54 heteroatoms. The average Bonchev–Trinajstić information content (AvgIpc) is 1.65. The first kappa shape index (κ1) is 115. The standard InChI is InChI=1S/C86H153N37O17/c1-5-48(4)64(117-67(127)51(21-8-34-104-82(92)93)110-65(125)49(87)19-6-32-102-80(88)89)73(133)109-46-63(124)118-39-13-26-57(118)68(128)112-54(24-11-37-107-85(98)99)76(136)123-44-18-31-62(123)78(138)122-43-17-30-61(122)69(129)111-50(20-7-33-103-81(90)91)66(126)116-56(45-47(2)3)77(137)121-42-16-28-59(121)71(131)114-52(22-9-35-105-83(94)95)74(134)119-40-14-27-58(119)70(130)113-53(23-10-36-106-84(96)97)75(135)120-41-15-29-60(120)72(132)115-55(79(139)140)25-12-38-108-86(100)101/h47-62,64H,5-46,87H2,1-4H3,(H,109,133)(H,110,125)(H,111,129)(H,112,128)(H,113,130)(H,114,131)(H,115,132)(H,116,126)(H,117,127)(H,139,140)(H4,88,89,102)(H4,90,91,103)(H4,92,93,104)(H4,94,95,105)(H4,96,97,106)(H4,98,99,107)(H4,100,101,108)/t48-,49-,50-,51-,52-,53-,54-,55-,56-,57-,58-,59-,60-,61-,62-,64-/m0/s1. The molecule has 6 aliphatic heterocycles. The summed E-state index contributed by atoms with van der Waals surface area (Å²) in [4.78, 5) is 239. The van der Waals surface area contributed by atoms with Gasteiger partial charge in [-0.1, -0.05) is 34.1 Å². The van der Waals surface area contributed by atoms with Crippen LogP contribution >= 0.6 is 0 Å². The summed E-state index contributed by atoms with van der Waals surface area (Å²) in [7, 11) is 0. The van der Waals surface area contributed by atoms with Crippen molar-refractivity contribution in [3.05, 3.63) is 0 Å². The van der Waals surface area contributed by atoms with Crippen LogP contribution in [0.15, 0.2) is 0 Å². The molecule has 6 aliphatic rings. The summed E-state index contributed by atoms with van der Waals surface area (Å²) in [6.07, 6.45) is 4.43. The van der Waals surface area contributed by atoms with E-state index in [1.165, 1.54) is 29.4 Å². The van der Waals surface area contributed by atoms with Crippen molar-refractivity contribution in [2.45, 2.75) is 298 Å². The molecule has 784 valence electrons. The van der Waals surface area contributed by atoms with Gasteiger partial charge < -0.3 is 165 Å². The van der Waals surface area contributed by atoms with Crippen LogP contribution in [0.3, 0.4) is 0 Å². The van der Waals surface area contributed by atoms with Crippen LogP contribution < -0.4 is 131 Å². The normalized spacial score (nSPS) is 19.8. The van der Waals surface area contributed by atoms with Crippen molar-refractivity contribution < 1.29 is 81.8 Å². The third kappa shape index (κ3) is 36.9. The molecule has 6 heterocycles. The zero-order chi connectivity index (χ0) is 104. The highest BCUT2D eigenvalue weighted by Crippen LogP contribution is 2.30. The van der Waals surface area contributed by atoms with Crippen molar-refractivity contribution in [2.75, 3.05) is 91.6 Å². The van der Waals surface area contributed by atoms with Crippen molar-refractivity contribution in [1.82, 2.24) is 114 Å². The number of carboxylic acid groups (broad SMARTS) is 1. The number of aliphatic carboxylic acids is 1. The number of carbonyl (C=O) groups is 16. The molecule has 0 saturated carbocycles. The van der Waals surface area contributed by atoms with Gasteiger partial charge >= 0.3 is 5.97 Å². The van der Waals surface area contributed by atoms with Gasteiger partial charge in [-0.15, -0.1) is 0 Å². The van der Waals surface area contributed by atoms with E-state index in [1.807, 2.05) is 0 Å². The maximum Gasteiger partial charge on any atom is 0.326 e. The van der Waals surface area contributed by atoms with Gasteiger partial charge in [-0.05, 0) is 185 Å². The van der Waals surface area contributed by atoms with Gasteiger partial charge in [-0.3, -0.25) is 110 Å². The Labute approximate surface area is 814 Å². The minimum absolute atomic E-state index is 0.0185. The van der Waals surface area contributed by atoms with Crippen molar-refractivity contribution in [3.8, 4) is 0 Å². The minimum Gasteiger partial charge on any atom is -0.480 e. The van der Waals surface area contributed by atoms with E-state index in [2.05, 4.69) is 85.1 Å². The maximum absolute atomic E-state index is 15.2. The molecule has 54 nitrogen and oxygen atoms in total. The smallest absolute Gasteiger partial charge is 0.326 e. The molecule has 0 spiro atoms. The number of amides is 15. The molecule has 15 amide bonds. The number of hydrogen-bond acceptors (Lipinski definition) is 24. The topological polar surface area (TPSA) is 880 Å². The molecule has 0 bridgehead atoms. The van der Waals surface area contributed by atoms with Gasteiger partial charge in [0, 0.05) is 85.1 Å². The number of nitrogens with two attached hydrogens (primary N) is 8. The summed E-state index contributed by atoms with van der Waals surface area (Å²) < 4.78 is 0. The highest BCUT2D eigenvalue weighted by molar-refractivity contribution is 6.02. The van der Waals surface area contributed by atoms with Crippen LogP contribution in [-0.2, 0) is 76.7 Å². The van der Waals surface area contributed by atoms with Crippen molar-refractivity contribution in [1.29, 1.82) is 37.9 Å². The van der Waals surface area contributed by atoms with E-state index in [0.717, 1.165) is 0 Å². The Bertz CT molecular complexity index is 4360. The largest absolute Gasteiger partial charge is 0.480 e. The molecule has 6 rings (SSSR count). The van der Waals surface area contributed by atoms with Gasteiger partial charge in [0.05, 0.1) is 12.6 Å². The molecule has 0 aliphatic carbocycles. The molecule has 0 aromatic carbocycles. The Morgan fingerprint density at radius 2 is 0.579 bits per heavy atom. The summed E-state index contributed by atoms with van der Waals surface area (Å²) in [5, 5.41) is 107. The number of guanidine groups is 7. The molecular formula is C86H153N37O17. The quantitative estimate of drug-likeness (QED) is 0.0153. The van der Waals surface area contributed by atoms with E-state index in [4.69, 9.17) is 83.7 Å². The van der Waals surface area contributed by atoms with Crippen molar-refractivity contribution >= 4 is 136 Å². The summed E-state index contributed by atoms with van der Waals surface area (Å²) in [5.41, 5.74) is 44.8. The number of rotatable bonds is 57. The van der Waals surface area contributed by atoms with Crippen LogP contribution in [0.2, 0.25) is 0 Å². The lowest BCUT2D eigenvalue weighted by atomic mass is 9.97. The molecule has 0 unspecified atom stereocenters. The van der Waals surface area contributed by atoms with E-state index < -0.39 is 198 Å². The second-order valence-electron chi connectivity index (χ2n) is 36.7. The Balaban J connectivity index is 1.15. The van der Waals surface area contributed by atoms with Crippen LogP contribution in [0.1, 0.15) is 207 Å². The number of carbonyl (C=O) groups excluding carboxylic acids is 15. The molecular weight excluding hydrogens is 1820 g/mol. The Hall–Kier alpha value is -13.6. The molecule has 0 radical (unpaired) electrons. The summed E-state index contributed by atoms with van der Waals surface area (Å²) in [6, 6.07) is -18.6. The van der Waals surface area contributed by atoms with Gasteiger partial charge in [0.25, 0.3) is 0 Å². The Morgan fingerprint density at radius 3 is 0.921 bits per heavy atom. The number of carboxylic acids is 1. The predicted octanol–water partition coefficient (Wildman–Crippen LogP) is -8.73. The van der Waals surface area contributed by atoms with E-state index in [1.54, 1.807) is 27.7 Å². The Morgan fingerprint density at radius 1 is 0.314 bits per heavy atom. The van der Waals surface area contributed by atoms with Crippen LogP contribution in [0.4, 0.5) is 0 Å². The van der Waals surface area contributed by atoms with E-state index in [-0.39, 0.29) is 261 Å². The van der Waals surface area contributed by atoms with Crippen LogP contribution in [0.5, 0.6) is 0 Å². The highest BCUT2D eigenvalue weighted by atomic mass is 16.4. The van der Waals surface area contributed by atoms with E-state index >= 15 is 24.0 Å². The van der Waals surface area contributed by atoms with Gasteiger partial charge in [0.15, 0.2) is 41.7 Å². The second-order valence-corrected chi connectivity index (χ2v) is 36.7. The van der Waals surface area contributed by atoms with Gasteiger partial charge in [0.2, 0.25) is 88.6 Å². The molecule has 6 saturated heterocycles. The second kappa shape index (κ2) is 58.3. The zero-order valence-electron chi connectivity index (χ0n) is 80.8. The van der Waals surface area contributed by atoms with Gasteiger partial charge in [-0.25, -0.2) is 4.79 Å². The lowest BCUT2D eigenvalue weighted by molar-refractivity contribution is -0.148. The fourth-order valence-corrected chi connectivity index (χ4v) is 18.2. The third-order valence-corrected chi connectivity index (χ3v) is 25.6. The fraction of sp³-hybridized carbons (Fsp3) is 0.733. The summed E-state index contributed by atoms with van der Waals surface area (Å²) >= 11 is 0. The van der Waals surface area contributed by atoms with Gasteiger partial charge in [0.1, 0.15) is 84.6 Å². The number of nitrogens with zero attached hydrogens (tertiary/aromatic N) is 6. The van der Waals surface area contributed by atoms with Crippen LogP contribution in [0.25, 0.3) is 0 Å². The van der Waals surface area contributed by atoms with Crippen molar-refractivity contribution in [2.24, 2.45) is 57.7 Å². The van der Waals surface area contributed by atoms with Gasteiger partial charge in [-0.2, -0.15) is 0 Å². The van der Waals surface area contributed by atoms with E-state index in [0.29, 0.717) is 51.4 Å². The van der Waals surface area contributed by atoms with Crippen LogP contribution in [-0.4, -0.2) is 353 Å². The van der Waals surface area contributed by atoms with Crippen LogP contribution in [0, 0.1) is 49.7 Å². The first-order chi connectivity index (χ1) is 66.4. The highest BCUT2D eigenvalue weighted by Gasteiger charge is 2.49. The minimum atomic E-state index is -1.40. The molecule has 140 heavy (non-hydrogen) atoms. The molecule has 6 fully saturated rings. The lowest BCUT2D eigenvalue weighted by Gasteiger charge is -2.34. The maximum atomic E-state index is 15.2. The zero-order valence-corrected chi connectivity index (χ0v) is 80.8. The predicted molar refractivity (Wildman–Crippen MR) is 515 cm³/mol. The Kier molecular flexibility index (Phi) is 47.9. The lowest BCUT2D eigenvalue weighted by Crippen LogP contribution is -2.60. The first-order valence-electron chi connectivity index (χ1n) is 48.5. The molecule has 40 N–H and O–H groups in total. The number of nitrogens with one attached hydrogen (secondary N) is 23. The first-order valence-corrected chi connectivity index (χ1v) is 48.5. The number of hydrogen-bond donors (Lipinski definition) is 32. The van der Waals surface area contributed by atoms with E-state index in [9.17, 15) is 57.8 Å². The van der Waals surface area contributed by atoms with Crippen molar-refractivity contribution in [3.63, 3.8) is 0 Å². The third-order valence-electron chi connectivity index (χ3n) is 25.6.